The SMILES string of the molecule is CS(=O)(=O)N(Cc1ccc(C(=O)NCCN2CCOCC2)cc1)c1ccccc1. The van der Waals surface area contributed by atoms with E-state index in [0.29, 0.717) is 17.8 Å². The summed E-state index contributed by atoms with van der Waals surface area (Å²) in [7, 11) is -3.42. The Kier molecular flexibility index (Phi) is 7.24. The number of hydrogen-bond acceptors (Lipinski definition) is 5. The third-order valence-corrected chi connectivity index (χ3v) is 5.94. The molecule has 3 rings (SSSR count). The minimum Gasteiger partial charge on any atom is -0.379 e. The molecule has 1 saturated heterocycles. The van der Waals surface area contributed by atoms with Crippen LogP contribution in [0.25, 0.3) is 0 Å². The molecule has 0 atom stereocenters. The van der Waals surface area contributed by atoms with E-state index in [1.165, 1.54) is 10.6 Å². The summed E-state index contributed by atoms with van der Waals surface area (Å²) in [6.45, 7) is 4.85. The Morgan fingerprint density at radius 2 is 1.72 bits per heavy atom. The van der Waals surface area contributed by atoms with Gasteiger partial charge in [-0.15, -0.1) is 0 Å². The largest absolute Gasteiger partial charge is 0.379 e. The Labute approximate surface area is 172 Å². The number of sulfonamides is 1. The molecule has 156 valence electrons. The van der Waals surface area contributed by atoms with Gasteiger partial charge >= 0.3 is 0 Å². The third-order valence-electron chi connectivity index (χ3n) is 4.80. The van der Waals surface area contributed by atoms with E-state index in [2.05, 4.69) is 10.2 Å². The standard InChI is InChI=1S/C21H27N3O4S/c1-29(26,27)24(20-5-3-2-4-6-20)17-18-7-9-19(10-8-18)21(25)22-11-12-23-13-15-28-16-14-23/h2-10H,11-17H2,1H3,(H,22,25). The fourth-order valence-electron chi connectivity index (χ4n) is 3.18. The zero-order valence-corrected chi connectivity index (χ0v) is 17.4. The second-order valence-electron chi connectivity index (χ2n) is 7.01. The molecule has 2 aromatic carbocycles. The maximum absolute atomic E-state index is 12.3. The van der Waals surface area contributed by atoms with Crippen molar-refractivity contribution in [2.75, 3.05) is 50.0 Å². The quantitative estimate of drug-likeness (QED) is 0.708. The van der Waals surface area contributed by atoms with Crippen LogP contribution in [-0.2, 0) is 21.3 Å². The van der Waals surface area contributed by atoms with Crippen LogP contribution in [0.3, 0.4) is 0 Å². The zero-order valence-electron chi connectivity index (χ0n) is 16.6. The molecule has 1 aliphatic rings. The van der Waals surface area contributed by atoms with Gasteiger partial charge in [0.25, 0.3) is 5.91 Å². The molecule has 29 heavy (non-hydrogen) atoms. The minimum absolute atomic E-state index is 0.132. The van der Waals surface area contributed by atoms with Crippen molar-refractivity contribution in [3.8, 4) is 0 Å². The molecule has 7 nitrogen and oxygen atoms in total. The number of carbonyl (C=O) groups is 1. The molecule has 8 heteroatoms. The lowest BCUT2D eigenvalue weighted by atomic mass is 10.1. The molecule has 0 spiro atoms. The number of para-hydroxylation sites is 1. The number of benzene rings is 2. The third kappa shape index (κ3) is 6.28. The molecule has 1 N–H and O–H groups in total. The highest BCUT2D eigenvalue weighted by molar-refractivity contribution is 7.92. The van der Waals surface area contributed by atoms with Crippen LogP contribution in [0.1, 0.15) is 15.9 Å². The molecular weight excluding hydrogens is 390 g/mol. The highest BCUT2D eigenvalue weighted by Gasteiger charge is 2.18. The van der Waals surface area contributed by atoms with Crippen LogP contribution in [0.15, 0.2) is 54.6 Å². The molecule has 1 heterocycles. The summed E-state index contributed by atoms with van der Waals surface area (Å²) in [5.74, 6) is -0.132. The van der Waals surface area contributed by atoms with Gasteiger partial charge in [0.1, 0.15) is 0 Å². The topological polar surface area (TPSA) is 79.0 Å². The maximum atomic E-state index is 12.3. The lowest BCUT2D eigenvalue weighted by Crippen LogP contribution is -2.41. The van der Waals surface area contributed by atoms with Crippen molar-refractivity contribution in [3.05, 3.63) is 65.7 Å². The Bertz CT molecular complexity index is 895. The number of morpholine rings is 1. The molecule has 2 aromatic rings. The van der Waals surface area contributed by atoms with E-state index < -0.39 is 10.0 Å². The average molecular weight is 418 g/mol. The summed E-state index contributed by atoms with van der Waals surface area (Å²) in [5.41, 5.74) is 1.98. The highest BCUT2D eigenvalue weighted by Crippen LogP contribution is 2.20. The summed E-state index contributed by atoms with van der Waals surface area (Å²) >= 11 is 0. The average Bonchev–Trinajstić information content (AvgIpc) is 2.73. The maximum Gasteiger partial charge on any atom is 0.251 e. The fraction of sp³-hybridized carbons (Fsp3) is 0.381. The van der Waals surface area contributed by atoms with Crippen molar-refractivity contribution in [1.29, 1.82) is 0 Å². The monoisotopic (exact) mass is 417 g/mol. The summed E-state index contributed by atoms with van der Waals surface area (Å²) in [5, 5.41) is 2.93. The van der Waals surface area contributed by atoms with Gasteiger partial charge in [-0.3, -0.25) is 14.0 Å². The second kappa shape index (κ2) is 9.87. The van der Waals surface area contributed by atoms with Crippen molar-refractivity contribution in [2.45, 2.75) is 6.54 Å². The van der Waals surface area contributed by atoms with E-state index in [1.54, 1.807) is 48.5 Å². The molecular formula is C21H27N3O4S. The zero-order chi connectivity index (χ0) is 20.7. The Hall–Kier alpha value is -2.42. The van der Waals surface area contributed by atoms with Crippen LogP contribution in [0.4, 0.5) is 5.69 Å². The van der Waals surface area contributed by atoms with Crippen LogP contribution >= 0.6 is 0 Å². The smallest absolute Gasteiger partial charge is 0.251 e. The van der Waals surface area contributed by atoms with E-state index >= 15 is 0 Å². The van der Waals surface area contributed by atoms with E-state index in [9.17, 15) is 13.2 Å². The number of anilines is 1. The van der Waals surface area contributed by atoms with Crippen molar-refractivity contribution in [3.63, 3.8) is 0 Å². The first kappa shape index (κ1) is 21.3. The number of hydrogen-bond donors (Lipinski definition) is 1. The molecule has 0 aliphatic carbocycles. The van der Waals surface area contributed by atoms with Crippen LogP contribution < -0.4 is 9.62 Å². The summed E-state index contributed by atoms with van der Waals surface area (Å²) < 4.78 is 31.1. The first-order valence-corrected chi connectivity index (χ1v) is 11.5. The molecule has 0 bridgehead atoms. The summed E-state index contributed by atoms with van der Waals surface area (Å²) in [6, 6.07) is 16.0. The van der Waals surface area contributed by atoms with Crippen molar-refractivity contribution >= 4 is 21.6 Å². The molecule has 1 fully saturated rings. The number of ether oxygens (including phenoxy) is 1. The lowest BCUT2D eigenvalue weighted by Gasteiger charge is -2.26. The van der Waals surface area contributed by atoms with Crippen LogP contribution in [-0.4, -0.2) is 64.9 Å². The van der Waals surface area contributed by atoms with Gasteiger partial charge in [0.2, 0.25) is 10.0 Å². The number of nitrogens with zero attached hydrogens (tertiary/aromatic N) is 2. The van der Waals surface area contributed by atoms with E-state index in [1.807, 2.05) is 6.07 Å². The fourth-order valence-corrected chi connectivity index (χ4v) is 4.06. The van der Waals surface area contributed by atoms with Gasteiger partial charge in [-0.25, -0.2) is 8.42 Å². The highest BCUT2D eigenvalue weighted by atomic mass is 32.2. The van der Waals surface area contributed by atoms with Crippen LogP contribution in [0.5, 0.6) is 0 Å². The Morgan fingerprint density at radius 3 is 2.34 bits per heavy atom. The minimum atomic E-state index is -3.42. The lowest BCUT2D eigenvalue weighted by molar-refractivity contribution is 0.0383. The predicted octanol–water partition coefficient (Wildman–Crippen LogP) is 1.71. The second-order valence-corrected chi connectivity index (χ2v) is 8.92. The van der Waals surface area contributed by atoms with Crippen LogP contribution in [0.2, 0.25) is 0 Å². The van der Waals surface area contributed by atoms with Crippen LogP contribution in [0, 0.1) is 0 Å². The molecule has 0 saturated carbocycles. The number of nitrogens with one attached hydrogen (secondary N) is 1. The van der Waals surface area contributed by atoms with Gasteiger partial charge in [0, 0.05) is 31.7 Å². The number of amides is 1. The Morgan fingerprint density at radius 1 is 1.07 bits per heavy atom. The van der Waals surface area contributed by atoms with Gasteiger partial charge in [-0.1, -0.05) is 30.3 Å². The molecule has 0 radical (unpaired) electrons. The first-order valence-electron chi connectivity index (χ1n) is 9.63. The van der Waals surface area contributed by atoms with Gasteiger partial charge in [0.15, 0.2) is 0 Å². The van der Waals surface area contributed by atoms with Gasteiger partial charge in [0.05, 0.1) is 31.7 Å². The van der Waals surface area contributed by atoms with Crippen molar-refractivity contribution < 1.29 is 17.9 Å². The molecule has 1 aliphatic heterocycles. The number of rotatable bonds is 8. The van der Waals surface area contributed by atoms with E-state index in [4.69, 9.17) is 4.74 Å². The predicted molar refractivity (Wildman–Crippen MR) is 114 cm³/mol. The van der Waals surface area contributed by atoms with E-state index in [0.717, 1.165) is 38.4 Å². The first-order chi connectivity index (χ1) is 13.9. The Balaban J connectivity index is 1.57. The van der Waals surface area contributed by atoms with Gasteiger partial charge in [-0.2, -0.15) is 0 Å². The molecule has 0 unspecified atom stereocenters. The van der Waals surface area contributed by atoms with E-state index in [-0.39, 0.29) is 12.5 Å². The van der Waals surface area contributed by atoms with Gasteiger partial charge in [-0.05, 0) is 29.8 Å². The molecule has 1 amide bonds. The summed E-state index contributed by atoms with van der Waals surface area (Å²) in [6.07, 6.45) is 1.19. The molecule has 0 aromatic heterocycles. The van der Waals surface area contributed by atoms with Crippen molar-refractivity contribution in [1.82, 2.24) is 10.2 Å². The van der Waals surface area contributed by atoms with Crippen molar-refractivity contribution in [2.24, 2.45) is 0 Å². The normalized spacial score (nSPS) is 15.1. The summed E-state index contributed by atoms with van der Waals surface area (Å²) in [4.78, 5) is 14.6. The van der Waals surface area contributed by atoms with Gasteiger partial charge < -0.3 is 10.1 Å². The number of carbonyl (C=O) groups excluding carboxylic acids is 1.